The molecule has 3 aromatic rings. The average Bonchev–Trinajstić information content (AvgIpc) is 2.84. The standard InChI is InChI=1S/C22H20N2O5S/c1-3-28-20-6-4-5-7-21(20)30(26,27)24-15-9-11-18-16(13-15)22(25)23-17-12-14(2)8-10-19(17)29-18/h4-13,24H,3H2,1-2H3,(H,23,25). The van der Waals surface area contributed by atoms with Gasteiger partial charge in [0.2, 0.25) is 0 Å². The van der Waals surface area contributed by atoms with Gasteiger partial charge in [-0.3, -0.25) is 9.52 Å². The smallest absolute Gasteiger partial charge is 0.265 e. The Hall–Kier alpha value is -3.52. The molecule has 0 aromatic heterocycles. The Morgan fingerprint density at radius 2 is 1.80 bits per heavy atom. The lowest BCUT2D eigenvalue weighted by Crippen LogP contribution is -2.16. The number of benzene rings is 3. The highest BCUT2D eigenvalue weighted by Crippen LogP contribution is 2.37. The molecule has 154 valence electrons. The Morgan fingerprint density at radius 1 is 1.03 bits per heavy atom. The minimum absolute atomic E-state index is 0.0189. The molecular formula is C22H20N2O5S. The summed E-state index contributed by atoms with van der Waals surface area (Å²) in [7, 11) is -3.93. The number of amides is 1. The highest BCUT2D eigenvalue weighted by atomic mass is 32.2. The number of para-hydroxylation sites is 1. The lowest BCUT2D eigenvalue weighted by atomic mass is 10.1. The third-order valence-electron chi connectivity index (χ3n) is 4.52. The van der Waals surface area contributed by atoms with E-state index in [2.05, 4.69) is 10.0 Å². The van der Waals surface area contributed by atoms with Crippen LogP contribution < -0.4 is 19.5 Å². The van der Waals surface area contributed by atoms with Crippen LogP contribution in [0.25, 0.3) is 0 Å². The fourth-order valence-electron chi connectivity index (χ4n) is 3.16. The maximum absolute atomic E-state index is 12.9. The Balaban J connectivity index is 1.67. The van der Waals surface area contributed by atoms with Crippen molar-refractivity contribution in [3.05, 3.63) is 71.8 Å². The van der Waals surface area contributed by atoms with E-state index in [0.717, 1.165) is 5.56 Å². The lowest BCUT2D eigenvalue weighted by Gasteiger charge is -2.13. The molecule has 0 radical (unpaired) electrons. The summed E-state index contributed by atoms with van der Waals surface area (Å²) >= 11 is 0. The third kappa shape index (κ3) is 3.81. The van der Waals surface area contributed by atoms with Gasteiger partial charge >= 0.3 is 0 Å². The molecule has 4 rings (SSSR count). The van der Waals surface area contributed by atoms with E-state index in [4.69, 9.17) is 9.47 Å². The summed E-state index contributed by atoms with van der Waals surface area (Å²) in [5.74, 6) is 0.735. The number of carbonyl (C=O) groups excluding carboxylic acids is 1. The van der Waals surface area contributed by atoms with Crippen LogP contribution in [0.5, 0.6) is 17.2 Å². The van der Waals surface area contributed by atoms with Gasteiger partial charge in [-0.1, -0.05) is 18.2 Å². The lowest BCUT2D eigenvalue weighted by molar-refractivity contribution is 0.102. The van der Waals surface area contributed by atoms with E-state index in [1.807, 2.05) is 19.1 Å². The van der Waals surface area contributed by atoms with Crippen molar-refractivity contribution in [1.29, 1.82) is 0 Å². The van der Waals surface area contributed by atoms with Crippen LogP contribution in [0.2, 0.25) is 0 Å². The van der Waals surface area contributed by atoms with Crippen molar-refractivity contribution in [1.82, 2.24) is 0 Å². The van der Waals surface area contributed by atoms with Crippen LogP contribution >= 0.6 is 0 Å². The molecule has 1 heterocycles. The van der Waals surface area contributed by atoms with Crippen molar-refractivity contribution in [2.75, 3.05) is 16.6 Å². The molecule has 0 saturated carbocycles. The predicted octanol–water partition coefficient (Wildman–Crippen LogP) is 4.55. The predicted molar refractivity (Wildman–Crippen MR) is 114 cm³/mol. The van der Waals surface area contributed by atoms with Crippen molar-refractivity contribution in [3.63, 3.8) is 0 Å². The zero-order chi connectivity index (χ0) is 21.3. The van der Waals surface area contributed by atoms with E-state index >= 15 is 0 Å². The SMILES string of the molecule is CCOc1ccccc1S(=O)(=O)Nc1ccc2c(c1)C(=O)Nc1cc(C)ccc1O2. The van der Waals surface area contributed by atoms with E-state index in [0.29, 0.717) is 23.8 Å². The van der Waals surface area contributed by atoms with Gasteiger partial charge in [0.05, 0.1) is 17.9 Å². The number of ether oxygens (including phenoxy) is 2. The first-order valence-corrected chi connectivity index (χ1v) is 10.8. The number of anilines is 2. The molecule has 8 heteroatoms. The maximum Gasteiger partial charge on any atom is 0.265 e. The summed E-state index contributed by atoms with van der Waals surface area (Å²) in [6.45, 7) is 4.03. The number of fused-ring (bicyclic) bond motifs is 2. The molecule has 7 nitrogen and oxygen atoms in total. The van der Waals surface area contributed by atoms with Crippen molar-refractivity contribution < 1.29 is 22.7 Å². The summed E-state index contributed by atoms with van der Waals surface area (Å²) in [6, 6.07) is 16.4. The number of nitrogens with one attached hydrogen (secondary N) is 2. The van der Waals surface area contributed by atoms with Crippen LogP contribution in [0, 0.1) is 6.92 Å². The van der Waals surface area contributed by atoms with E-state index in [-0.39, 0.29) is 27.8 Å². The number of carbonyl (C=O) groups is 1. The molecule has 0 aliphatic carbocycles. The number of rotatable bonds is 5. The molecule has 0 unspecified atom stereocenters. The fourth-order valence-corrected chi connectivity index (χ4v) is 4.35. The molecule has 0 saturated heterocycles. The average molecular weight is 424 g/mol. The van der Waals surface area contributed by atoms with Crippen LogP contribution in [0.1, 0.15) is 22.8 Å². The topological polar surface area (TPSA) is 93.7 Å². The van der Waals surface area contributed by atoms with Crippen molar-refractivity contribution in [2.24, 2.45) is 0 Å². The number of hydrogen-bond acceptors (Lipinski definition) is 5. The monoisotopic (exact) mass is 424 g/mol. The van der Waals surface area contributed by atoms with Gasteiger partial charge in [0.25, 0.3) is 15.9 Å². The Labute approximate surface area is 174 Å². The van der Waals surface area contributed by atoms with E-state index in [1.165, 1.54) is 12.1 Å². The summed E-state index contributed by atoms with van der Waals surface area (Å²) in [6.07, 6.45) is 0. The molecule has 0 atom stereocenters. The van der Waals surface area contributed by atoms with Gasteiger partial charge in [-0.15, -0.1) is 0 Å². The van der Waals surface area contributed by atoms with Gasteiger partial charge in [-0.2, -0.15) is 0 Å². The van der Waals surface area contributed by atoms with Crippen LogP contribution in [0.15, 0.2) is 65.6 Å². The molecule has 1 amide bonds. The maximum atomic E-state index is 12.9. The Morgan fingerprint density at radius 3 is 2.60 bits per heavy atom. The van der Waals surface area contributed by atoms with Crippen LogP contribution in [-0.4, -0.2) is 20.9 Å². The largest absolute Gasteiger partial charge is 0.492 e. The highest BCUT2D eigenvalue weighted by molar-refractivity contribution is 7.92. The van der Waals surface area contributed by atoms with Crippen molar-refractivity contribution in [2.45, 2.75) is 18.7 Å². The molecule has 0 fully saturated rings. The molecule has 30 heavy (non-hydrogen) atoms. The van der Waals surface area contributed by atoms with Gasteiger partial charge in [0.1, 0.15) is 16.4 Å². The van der Waals surface area contributed by atoms with E-state index < -0.39 is 10.0 Å². The third-order valence-corrected chi connectivity index (χ3v) is 5.94. The second-order valence-corrected chi connectivity index (χ2v) is 8.40. The molecule has 1 aliphatic rings. The van der Waals surface area contributed by atoms with Crippen molar-refractivity contribution in [3.8, 4) is 17.2 Å². The first-order chi connectivity index (χ1) is 14.4. The Kier molecular flexibility index (Phi) is 5.09. The second-order valence-electron chi connectivity index (χ2n) is 6.75. The number of aryl methyl sites for hydroxylation is 1. The van der Waals surface area contributed by atoms with Gasteiger partial charge < -0.3 is 14.8 Å². The van der Waals surface area contributed by atoms with Crippen LogP contribution in [0.3, 0.4) is 0 Å². The van der Waals surface area contributed by atoms with Crippen molar-refractivity contribution >= 4 is 27.3 Å². The second kappa shape index (κ2) is 7.72. The van der Waals surface area contributed by atoms with Gasteiger partial charge in [-0.25, -0.2) is 8.42 Å². The van der Waals surface area contributed by atoms with Gasteiger partial charge in [0.15, 0.2) is 5.75 Å². The molecule has 0 bridgehead atoms. The van der Waals surface area contributed by atoms with Crippen LogP contribution in [0.4, 0.5) is 11.4 Å². The minimum Gasteiger partial charge on any atom is -0.492 e. The summed E-state index contributed by atoms with van der Waals surface area (Å²) < 4.78 is 39.6. The fraction of sp³-hybridized carbons (Fsp3) is 0.136. The van der Waals surface area contributed by atoms with Crippen LogP contribution in [-0.2, 0) is 10.0 Å². The normalized spacial score (nSPS) is 12.7. The highest BCUT2D eigenvalue weighted by Gasteiger charge is 2.24. The first kappa shape index (κ1) is 19.8. The van der Waals surface area contributed by atoms with E-state index in [1.54, 1.807) is 43.3 Å². The molecule has 3 aromatic carbocycles. The molecule has 0 spiro atoms. The number of sulfonamides is 1. The quantitative estimate of drug-likeness (QED) is 0.627. The first-order valence-electron chi connectivity index (χ1n) is 9.36. The van der Waals surface area contributed by atoms with Gasteiger partial charge in [0, 0.05) is 5.69 Å². The Bertz CT molecular complexity index is 1240. The molecule has 2 N–H and O–H groups in total. The molecule has 1 aliphatic heterocycles. The van der Waals surface area contributed by atoms with E-state index in [9.17, 15) is 13.2 Å². The van der Waals surface area contributed by atoms with Gasteiger partial charge in [-0.05, 0) is 61.9 Å². The summed E-state index contributed by atoms with van der Waals surface area (Å²) in [5, 5.41) is 2.81. The number of hydrogen-bond donors (Lipinski definition) is 2. The summed E-state index contributed by atoms with van der Waals surface area (Å²) in [5.41, 5.74) is 2.00. The zero-order valence-electron chi connectivity index (χ0n) is 16.4. The zero-order valence-corrected chi connectivity index (χ0v) is 17.2. The summed E-state index contributed by atoms with van der Waals surface area (Å²) in [4.78, 5) is 12.7. The minimum atomic E-state index is -3.93. The molecular weight excluding hydrogens is 404 g/mol.